The van der Waals surface area contributed by atoms with Crippen molar-refractivity contribution >= 4 is 17.5 Å². The summed E-state index contributed by atoms with van der Waals surface area (Å²) in [7, 11) is 0. The van der Waals surface area contributed by atoms with Gasteiger partial charge < -0.3 is 5.32 Å². The minimum atomic E-state index is -0.178. The van der Waals surface area contributed by atoms with E-state index >= 15 is 0 Å². The van der Waals surface area contributed by atoms with Gasteiger partial charge in [0.25, 0.3) is 5.91 Å². The Balaban J connectivity index is 2.13. The van der Waals surface area contributed by atoms with Crippen molar-refractivity contribution in [3.63, 3.8) is 0 Å². The molecule has 2 rings (SSSR count). The second-order valence-electron chi connectivity index (χ2n) is 6.27. The molecule has 1 aromatic heterocycles. The summed E-state index contributed by atoms with van der Waals surface area (Å²) in [4.78, 5) is 21.0. The molecule has 0 saturated heterocycles. The number of nitrogens with zero attached hydrogens (tertiary/aromatic N) is 2. The van der Waals surface area contributed by atoms with E-state index < -0.39 is 0 Å². The lowest BCUT2D eigenvalue weighted by Crippen LogP contribution is -2.39. The molecule has 1 fully saturated rings. The summed E-state index contributed by atoms with van der Waals surface area (Å²) >= 11 is 6.10. The molecule has 1 amide bonds. The van der Waals surface area contributed by atoms with Gasteiger partial charge in [0.15, 0.2) is 0 Å². The van der Waals surface area contributed by atoms with Crippen LogP contribution in [0, 0.1) is 5.92 Å². The zero-order valence-electron chi connectivity index (χ0n) is 13.0. The molecule has 1 aliphatic rings. The number of hydrogen-bond acceptors (Lipinski definition) is 3. The smallest absolute Gasteiger partial charge is 0.271 e. The van der Waals surface area contributed by atoms with Gasteiger partial charge in [-0.3, -0.25) is 4.79 Å². The van der Waals surface area contributed by atoms with Crippen LogP contribution in [0.5, 0.6) is 0 Å². The van der Waals surface area contributed by atoms with E-state index in [4.69, 9.17) is 11.6 Å². The molecule has 5 heteroatoms. The van der Waals surface area contributed by atoms with Gasteiger partial charge in [0, 0.05) is 12.0 Å². The van der Waals surface area contributed by atoms with Crippen molar-refractivity contribution < 1.29 is 4.79 Å². The maximum Gasteiger partial charge on any atom is 0.271 e. The third-order valence-electron chi connectivity index (χ3n) is 4.17. The van der Waals surface area contributed by atoms with Crippen LogP contribution in [0.25, 0.3) is 0 Å². The monoisotopic (exact) mass is 309 g/mol. The molecule has 0 bridgehead atoms. The normalized spacial score (nSPS) is 22.9. The second-order valence-corrected chi connectivity index (χ2v) is 6.68. The highest BCUT2D eigenvalue weighted by atomic mass is 35.5. The first-order chi connectivity index (χ1) is 9.99. The quantitative estimate of drug-likeness (QED) is 0.860. The molecule has 1 aromatic rings. The predicted octanol–water partition coefficient (Wildman–Crippen LogP) is 3.95. The Morgan fingerprint density at radius 3 is 2.76 bits per heavy atom. The van der Waals surface area contributed by atoms with Crippen LogP contribution in [0.1, 0.15) is 75.1 Å². The lowest BCUT2D eigenvalue weighted by Gasteiger charge is -2.22. The van der Waals surface area contributed by atoms with E-state index in [0.717, 1.165) is 6.42 Å². The van der Waals surface area contributed by atoms with Gasteiger partial charge >= 0.3 is 0 Å². The first-order valence-electron chi connectivity index (χ1n) is 7.82. The van der Waals surface area contributed by atoms with Gasteiger partial charge in [-0.15, -0.1) is 0 Å². The number of carbonyl (C=O) groups is 1. The Morgan fingerprint density at radius 2 is 2.05 bits per heavy atom. The lowest BCUT2D eigenvalue weighted by atomic mass is 9.97. The summed E-state index contributed by atoms with van der Waals surface area (Å²) in [5.41, 5.74) is 0.298. The molecule has 2 atom stereocenters. The zero-order valence-corrected chi connectivity index (χ0v) is 13.8. The number of rotatable bonds is 3. The van der Waals surface area contributed by atoms with Crippen molar-refractivity contribution in [1.82, 2.24) is 15.3 Å². The van der Waals surface area contributed by atoms with E-state index in [0.29, 0.717) is 22.5 Å². The third kappa shape index (κ3) is 4.16. The van der Waals surface area contributed by atoms with Crippen LogP contribution in [0.15, 0.2) is 6.20 Å². The number of aromatic nitrogens is 2. The average molecular weight is 310 g/mol. The van der Waals surface area contributed by atoms with E-state index in [9.17, 15) is 4.79 Å². The maximum absolute atomic E-state index is 12.5. The highest BCUT2D eigenvalue weighted by Crippen LogP contribution is 2.24. The molecule has 0 aliphatic heterocycles. The molecule has 116 valence electrons. The summed E-state index contributed by atoms with van der Waals surface area (Å²) in [5.74, 6) is 1.15. The first kappa shape index (κ1) is 16.2. The minimum absolute atomic E-state index is 0.172. The summed E-state index contributed by atoms with van der Waals surface area (Å²) in [6, 6.07) is 0.216. The van der Waals surface area contributed by atoms with Crippen molar-refractivity contribution in [1.29, 1.82) is 0 Å². The molecule has 0 spiro atoms. The Kier molecular flexibility index (Phi) is 5.57. The van der Waals surface area contributed by atoms with Crippen molar-refractivity contribution in [3.05, 3.63) is 22.7 Å². The van der Waals surface area contributed by atoms with Crippen LogP contribution >= 0.6 is 11.6 Å². The minimum Gasteiger partial charge on any atom is -0.348 e. The molecule has 0 radical (unpaired) electrons. The van der Waals surface area contributed by atoms with E-state index in [1.807, 2.05) is 13.8 Å². The third-order valence-corrected chi connectivity index (χ3v) is 4.45. The van der Waals surface area contributed by atoms with Gasteiger partial charge in [-0.25, -0.2) is 9.97 Å². The van der Waals surface area contributed by atoms with Crippen LogP contribution in [0.2, 0.25) is 5.02 Å². The number of hydrogen-bond donors (Lipinski definition) is 1. The topological polar surface area (TPSA) is 54.9 Å². The molecule has 1 aliphatic carbocycles. The fraction of sp³-hybridized carbons (Fsp3) is 0.688. The highest BCUT2D eigenvalue weighted by molar-refractivity contribution is 6.33. The average Bonchev–Trinajstić information content (AvgIpc) is 2.64. The molecule has 4 nitrogen and oxygen atoms in total. The molecule has 0 aromatic carbocycles. The Hall–Kier alpha value is -1.16. The number of carbonyl (C=O) groups excluding carboxylic acids is 1. The predicted molar refractivity (Wildman–Crippen MR) is 84.6 cm³/mol. The number of nitrogens with one attached hydrogen (secondary N) is 1. The summed E-state index contributed by atoms with van der Waals surface area (Å²) in [5, 5.41) is 3.44. The van der Waals surface area contributed by atoms with E-state index in [1.165, 1.54) is 31.9 Å². The van der Waals surface area contributed by atoms with E-state index in [2.05, 4.69) is 22.2 Å². The highest BCUT2D eigenvalue weighted by Gasteiger charge is 2.24. The van der Waals surface area contributed by atoms with Crippen molar-refractivity contribution in [2.24, 2.45) is 5.92 Å². The van der Waals surface area contributed by atoms with Crippen molar-refractivity contribution in [2.75, 3.05) is 0 Å². The van der Waals surface area contributed by atoms with Gasteiger partial charge in [0.05, 0.1) is 11.2 Å². The molecule has 1 N–H and O–H groups in total. The fourth-order valence-electron chi connectivity index (χ4n) is 2.76. The summed E-state index contributed by atoms with van der Waals surface area (Å²) in [6.45, 7) is 6.20. The molecule has 21 heavy (non-hydrogen) atoms. The van der Waals surface area contributed by atoms with Crippen LogP contribution in [-0.4, -0.2) is 21.9 Å². The van der Waals surface area contributed by atoms with Crippen molar-refractivity contribution in [3.8, 4) is 0 Å². The fourth-order valence-corrected chi connectivity index (χ4v) is 2.94. The number of halogens is 1. The van der Waals surface area contributed by atoms with Gasteiger partial charge in [-0.05, 0) is 18.8 Å². The molecule has 2 unspecified atom stereocenters. The maximum atomic E-state index is 12.5. The van der Waals surface area contributed by atoms with Crippen LogP contribution in [0.4, 0.5) is 0 Å². The molecule has 1 heterocycles. The largest absolute Gasteiger partial charge is 0.348 e. The van der Waals surface area contributed by atoms with Gasteiger partial charge in [-0.2, -0.15) is 0 Å². The SMILES string of the molecule is CC(C)c1ncc(Cl)c(C(=O)NC2CCCCCC2C)n1. The second kappa shape index (κ2) is 7.21. The van der Waals surface area contributed by atoms with Crippen molar-refractivity contribution in [2.45, 2.75) is 64.8 Å². The standard InChI is InChI=1S/C16H24ClN3O/c1-10(2)15-18-9-12(17)14(20-15)16(21)19-13-8-6-4-5-7-11(13)3/h9-11,13H,4-8H2,1-3H3,(H,19,21). The first-order valence-corrected chi connectivity index (χ1v) is 8.20. The molecular formula is C16H24ClN3O. The molecular weight excluding hydrogens is 286 g/mol. The number of amides is 1. The summed E-state index contributed by atoms with van der Waals surface area (Å²) < 4.78 is 0. The van der Waals surface area contributed by atoms with Gasteiger partial charge in [0.1, 0.15) is 11.5 Å². The van der Waals surface area contributed by atoms with Crippen LogP contribution in [-0.2, 0) is 0 Å². The zero-order chi connectivity index (χ0) is 15.4. The lowest BCUT2D eigenvalue weighted by molar-refractivity contribution is 0.0916. The van der Waals surface area contributed by atoms with Gasteiger partial charge in [-0.1, -0.05) is 51.6 Å². The van der Waals surface area contributed by atoms with Crippen LogP contribution < -0.4 is 5.32 Å². The van der Waals surface area contributed by atoms with Gasteiger partial charge in [0.2, 0.25) is 0 Å². The Bertz CT molecular complexity index is 504. The molecule has 1 saturated carbocycles. The van der Waals surface area contributed by atoms with E-state index in [1.54, 1.807) is 0 Å². The van der Waals surface area contributed by atoms with E-state index in [-0.39, 0.29) is 17.9 Å². The summed E-state index contributed by atoms with van der Waals surface area (Å²) in [6.07, 6.45) is 7.40. The Morgan fingerprint density at radius 1 is 1.33 bits per heavy atom. The van der Waals surface area contributed by atoms with Crippen LogP contribution in [0.3, 0.4) is 0 Å². The Labute approximate surface area is 131 Å².